The first-order chi connectivity index (χ1) is 18.2. The average Bonchev–Trinajstić information content (AvgIpc) is 3.44. The maximum Gasteiger partial charge on any atom is 0.249 e. The molecular formula is C31H35ClN3O3+. The van der Waals surface area contributed by atoms with Gasteiger partial charge >= 0.3 is 0 Å². The molecule has 6 nitrogen and oxygen atoms in total. The van der Waals surface area contributed by atoms with Crippen LogP contribution in [0.1, 0.15) is 37.8 Å². The van der Waals surface area contributed by atoms with E-state index in [1.165, 1.54) is 0 Å². The van der Waals surface area contributed by atoms with Crippen molar-refractivity contribution in [2.75, 3.05) is 25.1 Å². The molecule has 3 aromatic carbocycles. The first-order valence-electron chi connectivity index (χ1n) is 12.9. The Labute approximate surface area is 229 Å². The number of likely N-dealkylation sites (tertiary alicyclic amines) is 1. The van der Waals surface area contributed by atoms with Crippen LogP contribution in [0.5, 0.6) is 0 Å². The van der Waals surface area contributed by atoms with E-state index in [1.807, 2.05) is 86.6 Å². The summed E-state index contributed by atoms with van der Waals surface area (Å²) in [4.78, 5) is 36.0. The van der Waals surface area contributed by atoms with Crippen LogP contribution in [-0.2, 0) is 9.59 Å². The van der Waals surface area contributed by atoms with Gasteiger partial charge in [0.25, 0.3) is 0 Å². The van der Waals surface area contributed by atoms with Crippen molar-refractivity contribution in [1.29, 1.82) is 0 Å². The summed E-state index contributed by atoms with van der Waals surface area (Å²) < 4.78 is 0. The third kappa shape index (κ3) is 5.98. The summed E-state index contributed by atoms with van der Waals surface area (Å²) in [6.45, 7) is 3.90. The van der Waals surface area contributed by atoms with E-state index in [9.17, 15) is 14.7 Å². The number of hydrogen-bond acceptors (Lipinski definition) is 4. The molecule has 2 amide bonds. The molecule has 1 aliphatic heterocycles. The van der Waals surface area contributed by atoms with Crippen LogP contribution in [0.15, 0.2) is 89.9 Å². The summed E-state index contributed by atoms with van der Waals surface area (Å²) in [6, 6.07) is 25.2. The fraction of sp³-hybridized carbons (Fsp3) is 0.323. The first-order valence-corrected chi connectivity index (χ1v) is 13.3. The van der Waals surface area contributed by atoms with Crippen molar-refractivity contribution in [3.8, 4) is 0 Å². The molecule has 1 fully saturated rings. The third-order valence-electron chi connectivity index (χ3n) is 7.11. The van der Waals surface area contributed by atoms with Crippen LogP contribution >= 0.6 is 0 Å². The monoisotopic (exact) mass is 532 g/mol. The number of aliphatic hydroxyl groups excluding tert-OH is 1. The van der Waals surface area contributed by atoms with Crippen LogP contribution < -0.4 is 4.90 Å². The van der Waals surface area contributed by atoms with Crippen molar-refractivity contribution in [3.63, 3.8) is 0 Å². The average molecular weight is 533 g/mol. The molecule has 1 heterocycles. The number of aliphatic imine (C=N–C) groups is 1. The molecule has 3 aromatic rings. The topological polar surface area (TPSA) is 73.2 Å². The Balaban J connectivity index is 1.71. The molecule has 2 atom stereocenters. The van der Waals surface area contributed by atoms with Crippen molar-refractivity contribution in [2.45, 2.75) is 38.8 Å². The van der Waals surface area contributed by atoms with E-state index >= 15 is 0 Å². The lowest BCUT2D eigenvalue weighted by Crippen LogP contribution is -2.53. The SMILES string of the molecule is CN(C(=O)[C@@H]1CCCN1C(=O)[C@@H](N=C(c1ccccc1)c1ccccc1)C(C)(C)CO)c1ccc([ClH+])cc1. The molecule has 198 valence electrons. The lowest BCUT2D eigenvalue weighted by Gasteiger charge is -2.35. The summed E-state index contributed by atoms with van der Waals surface area (Å²) in [7, 11) is 1.72. The number of aliphatic hydroxyl groups is 1. The van der Waals surface area contributed by atoms with Gasteiger partial charge in [-0.05, 0) is 25.0 Å². The molecule has 7 heteroatoms. The highest BCUT2D eigenvalue weighted by molar-refractivity contribution is 6.13. The summed E-state index contributed by atoms with van der Waals surface area (Å²) >= 11 is 5.17. The number of anilines is 1. The Morgan fingerprint density at radius 3 is 2.08 bits per heavy atom. The van der Waals surface area contributed by atoms with E-state index < -0.39 is 17.5 Å². The van der Waals surface area contributed by atoms with Crippen molar-refractivity contribution < 1.29 is 26.3 Å². The van der Waals surface area contributed by atoms with Gasteiger partial charge in [0.05, 0.1) is 12.3 Å². The molecule has 1 aliphatic rings. The van der Waals surface area contributed by atoms with Gasteiger partial charge in [0, 0.05) is 48.0 Å². The van der Waals surface area contributed by atoms with Gasteiger partial charge in [-0.2, -0.15) is 0 Å². The molecule has 4 rings (SSSR count). The molecule has 0 unspecified atom stereocenters. The molecule has 0 saturated carbocycles. The number of carbonyl (C=O) groups is 2. The number of carbonyl (C=O) groups excluding carboxylic acids is 2. The minimum absolute atomic E-state index is 0.149. The largest absolute Gasteiger partial charge is 0.396 e. The minimum atomic E-state index is -0.888. The van der Waals surface area contributed by atoms with Crippen molar-refractivity contribution in [1.82, 2.24) is 4.90 Å². The van der Waals surface area contributed by atoms with Gasteiger partial charge in [0.1, 0.15) is 12.1 Å². The molecule has 1 N–H and O–H groups in total. The van der Waals surface area contributed by atoms with E-state index in [-0.39, 0.29) is 18.4 Å². The molecule has 38 heavy (non-hydrogen) atoms. The number of halogens is 1. The van der Waals surface area contributed by atoms with E-state index in [1.54, 1.807) is 29.0 Å². The molecule has 0 bridgehead atoms. The Hall–Kier alpha value is -3.48. The highest BCUT2D eigenvalue weighted by Crippen LogP contribution is 2.30. The predicted molar refractivity (Wildman–Crippen MR) is 148 cm³/mol. The zero-order valence-electron chi connectivity index (χ0n) is 22.1. The number of nitrogens with zero attached hydrogens (tertiary/aromatic N) is 3. The number of rotatable bonds is 8. The fourth-order valence-electron chi connectivity index (χ4n) is 4.75. The van der Waals surface area contributed by atoms with E-state index in [2.05, 4.69) is 0 Å². The van der Waals surface area contributed by atoms with Crippen LogP contribution in [0.25, 0.3) is 0 Å². The summed E-state index contributed by atoms with van der Waals surface area (Å²) in [6.07, 6.45) is 1.30. The van der Waals surface area contributed by atoms with Crippen LogP contribution in [0, 0.1) is 17.0 Å². The van der Waals surface area contributed by atoms with Crippen LogP contribution in [0.2, 0.25) is 5.02 Å². The molecule has 0 spiro atoms. The maximum absolute atomic E-state index is 14.2. The highest BCUT2D eigenvalue weighted by atomic mass is 35.5. The number of benzene rings is 3. The molecular weight excluding hydrogens is 498 g/mol. The van der Waals surface area contributed by atoms with Gasteiger partial charge in [0.15, 0.2) is 11.6 Å². The smallest absolute Gasteiger partial charge is 0.249 e. The first kappa shape index (κ1) is 27.6. The van der Waals surface area contributed by atoms with Gasteiger partial charge in [-0.25, -0.2) is 0 Å². The van der Waals surface area contributed by atoms with Gasteiger partial charge in [-0.15, -0.1) is 0 Å². The lowest BCUT2D eigenvalue weighted by molar-refractivity contribution is -0.288. The Morgan fingerprint density at radius 2 is 1.55 bits per heavy atom. The maximum atomic E-state index is 14.2. The molecule has 0 aliphatic carbocycles. The van der Waals surface area contributed by atoms with Crippen LogP contribution in [-0.4, -0.2) is 59.8 Å². The van der Waals surface area contributed by atoms with E-state index in [4.69, 9.17) is 16.6 Å². The zero-order chi connectivity index (χ0) is 27.3. The highest BCUT2D eigenvalue weighted by Gasteiger charge is 2.43. The number of hydrogen-bond donors (Lipinski definition) is 1. The van der Waals surface area contributed by atoms with Crippen molar-refractivity contribution in [3.05, 3.63) is 101 Å². The van der Waals surface area contributed by atoms with Gasteiger partial charge in [-0.1, -0.05) is 74.5 Å². The zero-order valence-corrected chi connectivity index (χ0v) is 22.9. The van der Waals surface area contributed by atoms with Crippen LogP contribution in [0.3, 0.4) is 0 Å². The normalized spacial score (nSPS) is 16.1. The number of likely N-dealkylation sites (N-methyl/N-ethyl adjacent to an activating group) is 1. The predicted octanol–water partition coefficient (Wildman–Crippen LogP) is 4.26. The standard InChI is InChI=1S/C31H35ClN3O3/c1-31(2,21-36)28(33-27(22-11-6-4-7-12-22)23-13-8-5-9-14-23)30(38)35-20-10-15-26(35)29(37)34(3)25-18-16-24(32)17-19-25/h4-9,11-14,16-19,26,28,32,36H,10,15,20-21H2,1-3H3/q+1/t26-,28+/m0/s1. The van der Waals surface area contributed by atoms with Crippen LogP contribution in [0.4, 0.5) is 5.69 Å². The third-order valence-corrected chi connectivity index (χ3v) is 7.38. The second-order valence-corrected chi connectivity index (χ2v) is 10.8. The number of amides is 2. The van der Waals surface area contributed by atoms with Gasteiger partial charge in [0.2, 0.25) is 16.8 Å². The second-order valence-electron chi connectivity index (χ2n) is 10.3. The van der Waals surface area contributed by atoms with Gasteiger partial charge < -0.3 is 14.9 Å². The minimum Gasteiger partial charge on any atom is -0.396 e. The fourth-order valence-corrected chi connectivity index (χ4v) is 4.89. The second kappa shape index (κ2) is 11.9. The lowest BCUT2D eigenvalue weighted by atomic mass is 9.84. The summed E-state index contributed by atoms with van der Waals surface area (Å²) in [5, 5.41) is 11.0. The quantitative estimate of drug-likeness (QED) is 0.441. The van der Waals surface area contributed by atoms with Gasteiger partial charge in [-0.3, -0.25) is 14.6 Å². The van der Waals surface area contributed by atoms with E-state index in [0.717, 1.165) is 23.2 Å². The Morgan fingerprint density at radius 1 is 1.00 bits per heavy atom. The van der Waals surface area contributed by atoms with Crippen molar-refractivity contribution in [2.24, 2.45) is 10.4 Å². The molecule has 0 aromatic heterocycles. The molecule has 1 saturated heterocycles. The van der Waals surface area contributed by atoms with Crippen molar-refractivity contribution >= 4 is 23.2 Å². The van der Waals surface area contributed by atoms with E-state index in [0.29, 0.717) is 23.7 Å². The molecule has 0 radical (unpaired) electrons. The Kier molecular flexibility index (Phi) is 8.65. The Bertz CT molecular complexity index is 1240. The summed E-state index contributed by atoms with van der Waals surface area (Å²) in [5.41, 5.74) is 2.30. The summed E-state index contributed by atoms with van der Waals surface area (Å²) in [5.74, 6) is -0.401.